The van der Waals surface area contributed by atoms with Crippen LogP contribution in [0.25, 0.3) is 0 Å². The maximum Gasteiger partial charge on any atom is 0.245 e. The van der Waals surface area contributed by atoms with Crippen LogP contribution in [0.5, 0.6) is 0 Å². The minimum Gasteiger partial charge on any atom is -0.354 e. The van der Waals surface area contributed by atoms with Crippen molar-refractivity contribution in [2.45, 2.75) is 50.6 Å². The molecule has 32 heavy (non-hydrogen) atoms. The van der Waals surface area contributed by atoms with E-state index in [-0.39, 0.29) is 24.3 Å². The minimum atomic E-state index is -0.554. The Kier molecular flexibility index (Phi) is 6.93. The van der Waals surface area contributed by atoms with Gasteiger partial charge in [-0.05, 0) is 50.0 Å². The van der Waals surface area contributed by atoms with Gasteiger partial charge in [-0.25, -0.2) is 0 Å². The Bertz CT molecular complexity index is 875. The summed E-state index contributed by atoms with van der Waals surface area (Å²) in [6.45, 7) is 2.62. The molecule has 0 unspecified atom stereocenters. The van der Waals surface area contributed by atoms with E-state index in [2.05, 4.69) is 23.6 Å². The monoisotopic (exact) mass is 437 g/mol. The highest BCUT2D eigenvalue weighted by Gasteiger charge is 2.48. The van der Waals surface area contributed by atoms with Crippen LogP contribution in [0, 0.1) is 17.4 Å². The van der Waals surface area contributed by atoms with Gasteiger partial charge in [0.1, 0.15) is 12.1 Å². The largest absolute Gasteiger partial charge is 0.354 e. The van der Waals surface area contributed by atoms with E-state index in [1.54, 1.807) is 9.80 Å². The van der Waals surface area contributed by atoms with Gasteiger partial charge in [0, 0.05) is 26.2 Å². The zero-order valence-electron chi connectivity index (χ0n) is 18.4. The maximum atomic E-state index is 13.0. The zero-order chi connectivity index (χ0) is 22.5. The van der Waals surface area contributed by atoms with E-state index in [0.29, 0.717) is 31.8 Å². The maximum absolute atomic E-state index is 13.0. The van der Waals surface area contributed by atoms with Gasteiger partial charge in [-0.3, -0.25) is 14.4 Å². The molecule has 4 rings (SSSR count). The lowest BCUT2D eigenvalue weighted by Crippen LogP contribution is -2.61. The highest BCUT2D eigenvalue weighted by molar-refractivity contribution is 5.99. The first kappa shape index (κ1) is 22.1. The van der Waals surface area contributed by atoms with Gasteiger partial charge in [0.25, 0.3) is 0 Å². The third-order valence-corrected chi connectivity index (χ3v) is 6.96. The third kappa shape index (κ3) is 4.87. The van der Waals surface area contributed by atoms with Gasteiger partial charge in [0.05, 0.1) is 6.54 Å². The number of nitrogens with zero attached hydrogens (tertiary/aromatic N) is 4. The molecule has 170 valence electrons. The number of likely N-dealkylation sites (tertiary alicyclic amines) is 1. The summed E-state index contributed by atoms with van der Waals surface area (Å²) in [5, 5.41) is 12.0. The normalized spacial score (nSPS) is 23.8. The third-order valence-electron chi connectivity index (χ3n) is 6.96. The molecule has 8 heteroatoms. The Morgan fingerprint density at radius 1 is 1.09 bits per heavy atom. The van der Waals surface area contributed by atoms with E-state index >= 15 is 0 Å². The molecule has 2 atom stereocenters. The van der Waals surface area contributed by atoms with E-state index in [1.807, 2.05) is 18.2 Å². The number of aryl methyl sites for hydroxylation is 1. The van der Waals surface area contributed by atoms with Crippen LogP contribution in [0.1, 0.15) is 37.7 Å². The average Bonchev–Trinajstić information content (AvgIpc) is 3.28. The van der Waals surface area contributed by atoms with Gasteiger partial charge in [-0.15, -0.1) is 0 Å². The number of carbonyl (C=O) groups is 3. The van der Waals surface area contributed by atoms with Crippen LogP contribution in [0.3, 0.4) is 0 Å². The van der Waals surface area contributed by atoms with Crippen molar-refractivity contribution in [2.75, 3.05) is 32.7 Å². The van der Waals surface area contributed by atoms with Gasteiger partial charge in [0.15, 0.2) is 6.19 Å². The summed E-state index contributed by atoms with van der Waals surface area (Å²) in [7, 11) is 0. The Hall–Kier alpha value is -3.08. The summed E-state index contributed by atoms with van der Waals surface area (Å²) in [5.74, 6) is 0.0274. The molecule has 0 spiro atoms. The molecule has 1 aromatic rings. The summed E-state index contributed by atoms with van der Waals surface area (Å²) in [4.78, 5) is 43.6. The van der Waals surface area contributed by atoms with Crippen LogP contribution >= 0.6 is 0 Å². The number of piperidine rings is 1. The summed E-state index contributed by atoms with van der Waals surface area (Å²) in [6, 6.07) is 9.05. The second kappa shape index (κ2) is 10.0. The molecule has 8 nitrogen and oxygen atoms in total. The van der Waals surface area contributed by atoms with Crippen LogP contribution in [0.15, 0.2) is 30.3 Å². The number of benzene rings is 1. The van der Waals surface area contributed by atoms with Crippen molar-refractivity contribution in [3.8, 4) is 6.19 Å². The van der Waals surface area contributed by atoms with Crippen LogP contribution in [-0.2, 0) is 20.8 Å². The molecule has 3 aliphatic heterocycles. The number of nitrogens with one attached hydrogen (secondary N) is 1. The molecule has 1 N–H and O–H groups in total. The molecule has 0 bridgehead atoms. The SMILES string of the molecule is N#CN1CCC(CNC(=O)[C@@H]2CC[C@H]3C(=O)N(CCCc4ccccc4)CC(=O)N23)CC1. The lowest BCUT2D eigenvalue weighted by atomic mass is 9.97. The molecule has 0 saturated carbocycles. The van der Waals surface area contributed by atoms with Crippen molar-refractivity contribution in [1.82, 2.24) is 20.0 Å². The van der Waals surface area contributed by atoms with Crippen LogP contribution in [-0.4, -0.2) is 77.2 Å². The summed E-state index contributed by atoms with van der Waals surface area (Å²) >= 11 is 0. The van der Waals surface area contributed by atoms with Crippen LogP contribution in [0.4, 0.5) is 0 Å². The Balaban J connectivity index is 1.27. The van der Waals surface area contributed by atoms with Gasteiger partial charge in [-0.2, -0.15) is 5.26 Å². The number of hydrogen-bond donors (Lipinski definition) is 1. The van der Waals surface area contributed by atoms with E-state index in [0.717, 1.165) is 38.8 Å². The molecule has 0 aliphatic carbocycles. The van der Waals surface area contributed by atoms with E-state index in [9.17, 15) is 14.4 Å². The summed E-state index contributed by atoms with van der Waals surface area (Å²) in [5.41, 5.74) is 1.22. The zero-order valence-corrected chi connectivity index (χ0v) is 18.4. The fourth-order valence-corrected chi connectivity index (χ4v) is 5.10. The van der Waals surface area contributed by atoms with Crippen molar-refractivity contribution in [3.63, 3.8) is 0 Å². The first-order valence-corrected chi connectivity index (χ1v) is 11.6. The highest BCUT2D eigenvalue weighted by atomic mass is 16.2. The van der Waals surface area contributed by atoms with Crippen molar-refractivity contribution >= 4 is 17.7 Å². The number of carbonyl (C=O) groups excluding carboxylic acids is 3. The number of rotatable bonds is 7. The Morgan fingerprint density at radius 3 is 2.56 bits per heavy atom. The number of fused-ring (bicyclic) bond motifs is 1. The molecule has 3 aliphatic rings. The minimum absolute atomic E-state index is 0.0307. The van der Waals surface area contributed by atoms with Gasteiger partial charge >= 0.3 is 0 Å². The second-order valence-corrected chi connectivity index (χ2v) is 9.03. The smallest absolute Gasteiger partial charge is 0.245 e. The number of nitriles is 1. The molecule has 0 radical (unpaired) electrons. The predicted molar refractivity (Wildman–Crippen MR) is 118 cm³/mol. The van der Waals surface area contributed by atoms with E-state index < -0.39 is 12.1 Å². The summed E-state index contributed by atoms with van der Waals surface area (Å²) < 4.78 is 0. The van der Waals surface area contributed by atoms with Gasteiger partial charge in [-0.1, -0.05) is 30.3 Å². The van der Waals surface area contributed by atoms with E-state index in [1.165, 1.54) is 10.5 Å². The lowest BCUT2D eigenvalue weighted by molar-refractivity contribution is -0.157. The topological polar surface area (TPSA) is 96.7 Å². The van der Waals surface area contributed by atoms with E-state index in [4.69, 9.17) is 5.26 Å². The molecule has 3 saturated heterocycles. The average molecular weight is 438 g/mol. The Labute approximate surface area is 189 Å². The van der Waals surface area contributed by atoms with Crippen molar-refractivity contribution in [1.29, 1.82) is 5.26 Å². The molecule has 3 amide bonds. The predicted octanol–water partition coefficient (Wildman–Crippen LogP) is 1.13. The summed E-state index contributed by atoms with van der Waals surface area (Å²) in [6.07, 6.45) is 6.66. The van der Waals surface area contributed by atoms with Crippen molar-refractivity contribution in [3.05, 3.63) is 35.9 Å². The quantitative estimate of drug-likeness (QED) is 0.645. The number of amides is 3. The lowest BCUT2D eigenvalue weighted by Gasteiger charge is -2.38. The first-order valence-electron chi connectivity index (χ1n) is 11.6. The molecule has 3 heterocycles. The second-order valence-electron chi connectivity index (χ2n) is 9.03. The van der Waals surface area contributed by atoms with Crippen molar-refractivity contribution < 1.29 is 14.4 Å². The molecule has 1 aromatic carbocycles. The molecule has 3 fully saturated rings. The standard InChI is InChI=1S/C24H31N5O3/c25-17-27-13-10-19(11-14-27)15-26-23(31)20-8-9-21-24(32)28(16-22(30)29(20)21)12-4-7-18-5-2-1-3-6-18/h1-3,5-6,19-21H,4,7-16H2,(H,26,31)/t20-,21-/m0/s1. The van der Waals surface area contributed by atoms with Gasteiger partial charge < -0.3 is 20.0 Å². The van der Waals surface area contributed by atoms with Crippen LogP contribution in [0.2, 0.25) is 0 Å². The molecule has 0 aromatic heterocycles. The highest BCUT2D eigenvalue weighted by Crippen LogP contribution is 2.29. The van der Waals surface area contributed by atoms with Crippen LogP contribution < -0.4 is 5.32 Å². The molecular weight excluding hydrogens is 406 g/mol. The number of piperazine rings is 1. The first-order chi connectivity index (χ1) is 15.6. The fraction of sp³-hybridized carbons (Fsp3) is 0.583. The molecular formula is C24H31N5O3. The Morgan fingerprint density at radius 2 is 1.84 bits per heavy atom. The number of hydrogen-bond acceptors (Lipinski definition) is 5. The fourth-order valence-electron chi connectivity index (χ4n) is 5.10. The van der Waals surface area contributed by atoms with Gasteiger partial charge in [0.2, 0.25) is 17.7 Å². The van der Waals surface area contributed by atoms with Crippen molar-refractivity contribution in [2.24, 2.45) is 5.92 Å².